The molecule has 0 atom stereocenters. The van der Waals surface area contributed by atoms with Crippen LogP contribution in [0.25, 0.3) is 0 Å². The van der Waals surface area contributed by atoms with E-state index in [1.807, 2.05) is 0 Å². The second-order valence-corrected chi connectivity index (χ2v) is 3.83. The molecule has 0 saturated carbocycles. The Balaban J connectivity index is 3.21. The highest BCUT2D eigenvalue weighted by Gasteiger charge is 2.02. The van der Waals surface area contributed by atoms with E-state index >= 15 is 0 Å². The highest BCUT2D eigenvalue weighted by Crippen LogP contribution is 2.02. The van der Waals surface area contributed by atoms with Gasteiger partial charge in [0.1, 0.15) is 5.78 Å². The molecule has 0 aromatic heterocycles. The number of carbonyl (C=O) groups excluding carboxylic acids is 2. The van der Waals surface area contributed by atoms with Crippen LogP contribution >= 0.6 is 0 Å². The predicted octanol–water partition coefficient (Wildman–Crippen LogP) is 2.11. The molecule has 0 spiro atoms. The first kappa shape index (κ1) is 15.1. The molecular weight excluding hydrogens is 208 g/mol. The van der Waals surface area contributed by atoms with Crippen LogP contribution in [0.2, 0.25) is 0 Å². The molecule has 0 rings (SSSR count). The summed E-state index contributed by atoms with van der Waals surface area (Å²) in [5, 5.41) is 0. The molecule has 0 aromatic carbocycles. The number of ether oxygens (including phenoxy) is 2. The first-order chi connectivity index (χ1) is 7.66. The number of methoxy groups -OCH3 is 1. The van der Waals surface area contributed by atoms with Crippen molar-refractivity contribution < 1.29 is 19.1 Å². The van der Waals surface area contributed by atoms with Gasteiger partial charge in [0.2, 0.25) is 0 Å². The normalized spacial score (nSPS) is 10.1. The molecule has 94 valence electrons. The largest absolute Gasteiger partial charge is 0.466 e. The fourth-order valence-electron chi connectivity index (χ4n) is 1.27. The lowest BCUT2D eigenvalue weighted by Crippen LogP contribution is -2.06. The van der Waals surface area contributed by atoms with Crippen LogP contribution in [0.5, 0.6) is 0 Å². The SMILES string of the molecule is COCCCCCC(=O)OCCCC(C)=O. The summed E-state index contributed by atoms with van der Waals surface area (Å²) in [5.41, 5.74) is 0. The lowest BCUT2D eigenvalue weighted by atomic mass is 10.2. The Labute approximate surface area is 97.3 Å². The highest BCUT2D eigenvalue weighted by atomic mass is 16.5. The average Bonchev–Trinajstić information content (AvgIpc) is 2.24. The number of Topliss-reactive ketones (excluding diaryl/α,β-unsaturated/α-hetero) is 1. The zero-order valence-electron chi connectivity index (χ0n) is 10.3. The Morgan fingerprint density at radius 2 is 1.69 bits per heavy atom. The van der Waals surface area contributed by atoms with Crippen molar-refractivity contribution in [3.8, 4) is 0 Å². The Bertz CT molecular complexity index is 201. The van der Waals surface area contributed by atoms with E-state index in [0.29, 0.717) is 25.9 Å². The van der Waals surface area contributed by atoms with Crippen LogP contribution in [0.1, 0.15) is 45.4 Å². The summed E-state index contributed by atoms with van der Waals surface area (Å²) in [6.45, 7) is 2.64. The summed E-state index contributed by atoms with van der Waals surface area (Å²) in [7, 11) is 1.67. The van der Waals surface area contributed by atoms with Gasteiger partial charge < -0.3 is 14.3 Å². The van der Waals surface area contributed by atoms with Gasteiger partial charge in [-0.1, -0.05) is 6.42 Å². The van der Waals surface area contributed by atoms with Crippen LogP contribution in [0.4, 0.5) is 0 Å². The van der Waals surface area contributed by atoms with E-state index in [1.165, 1.54) is 6.92 Å². The van der Waals surface area contributed by atoms with Crippen molar-refractivity contribution in [2.45, 2.75) is 45.4 Å². The van der Waals surface area contributed by atoms with Crippen molar-refractivity contribution in [1.29, 1.82) is 0 Å². The molecule has 16 heavy (non-hydrogen) atoms. The van der Waals surface area contributed by atoms with E-state index in [0.717, 1.165) is 25.9 Å². The van der Waals surface area contributed by atoms with Crippen molar-refractivity contribution in [1.82, 2.24) is 0 Å². The van der Waals surface area contributed by atoms with Crippen LogP contribution in [0.3, 0.4) is 0 Å². The monoisotopic (exact) mass is 230 g/mol. The van der Waals surface area contributed by atoms with Gasteiger partial charge in [-0.15, -0.1) is 0 Å². The van der Waals surface area contributed by atoms with Crippen molar-refractivity contribution in [3.05, 3.63) is 0 Å². The molecule has 0 saturated heterocycles. The zero-order chi connectivity index (χ0) is 12.2. The average molecular weight is 230 g/mol. The van der Waals surface area contributed by atoms with E-state index in [-0.39, 0.29) is 11.8 Å². The van der Waals surface area contributed by atoms with Gasteiger partial charge in [-0.2, -0.15) is 0 Å². The van der Waals surface area contributed by atoms with Crippen LogP contribution in [0.15, 0.2) is 0 Å². The topological polar surface area (TPSA) is 52.6 Å². The first-order valence-electron chi connectivity index (χ1n) is 5.81. The Kier molecular flexibility index (Phi) is 10.0. The maximum absolute atomic E-state index is 11.2. The molecule has 0 aliphatic carbocycles. The third-order valence-corrected chi connectivity index (χ3v) is 2.17. The Hall–Kier alpha value is -0.900. The lowest BCUT2D eigenvalue weighted by Gasteiger charge is -2.03. The van der Waals surface area contributed by atoms with E-state index < -0.39 is 0 Å². The van der Waals surface area contributed by atoms with Crippen molar-refractivity contribution in [2.75, 3.05) is 20.3 Å². The number of ketones is 1. The molecule has 0 bridgehead atoms. The van der Waals surface area contributed by atoms with Gasteiger partial charge in [-0.3, -0.25) is 4.79 Å². The molecule has 0 amide bonds. The Morgan fingerprint density at radius 1 is 0.938 bits per heavy atom. The molecule has 0 aliphatic heterocycles. The predicted molar refractivity (Wildman–Crippen MR) is 61.2 cm³/mol. The number of esters is 1. The maximum atomic E-state index is 11.2. The summed E-state index contributed by atoms with van der Waals surface area (Å²) in [6.07, 6.45) is 4.38. The molecule has 0 N–H and O–H groups in total. The van der Waals surface area contributed by atoms with Gasteiger partial charge in [0.05, 0.1) is 6.61 Å². The summed E-state index contributed by atoms with van der Waals surface area (Å²) in [5.74, 6) is -0.0309. The minimum atomic E-state index is -0.166. The van der Waals surface area contributed by atoms with Crippen molar-refractivity contribution in [2.24, 2.45) is 0 Å². The highest BCUT2D eigenvalue weighted by molar-refractivity contribution is 5.75. The molecule has 0 heterocycles. The molecular formula is C12H22O4. The molecule has 0 unspecified atom stereocenters. The van der Waals surface area contributed by atoms with Gasteiger partial charge in [0, 0.05) is 26.6 Å². The smallest absolute Gasteiger partial charge is 0.305 e. The van der Waals surface area contributed by atoms with E-state index in [9.17, 15) is 9.59 Å². The van der Waals surface area contributed by atoms with Gasteiger partial charge in [-0.05, 0) is 26.2 Å². The van der Waals surface area contributed by atoms with Crippen LogP contribution in [-0.2, 0) is 19.1 Å². The van der Waals surface area contributed by atoms with Crippen LogP contribution < -0.4 is 0 Å². The van der Waals surface area contributed by atoms with Crippen molar-refractivity contribution >= 4 is 11.8 Å². The molecule has 0 radical (unpaired) electrons. The van der Waals surface area contributed by atoms with Gasteiger partial charge in [0.15, 0.2) is 0 Å². The van der Waals surface area contributed by atoms with Crippen LogP contribution in [-0.4, -0.2) is 32.1 Å². The van der Waals surface area contributed by atoms with Gasteiger partial charge in [-0.25, -0.2) is 0 Å². The van der Waals surface area contributed by atoms with Crippen LogP contribution in [0, 0.1) is 0 Å². The zero-order valence-corrected chi connectivity index (χ0v) is 10.3. The second kappa shape index (κ2) is 10.6. The number of hydrogen-bond donors (Lipinski definition) is 0. The fourth-order valence-corrected chi connectivity index (χ4v) is 1.27. The quantitative estimate of drug-likeness (QED) is 0.426. The summed E-state index contributed by atoms with van der Waals surface area (Å²) in [6, 6.07) is 0. The number of rotatable bonds is 10. The minimum absolute atomic E-state index is 0.135. The minimum Gasteiger partial charge on any atom is -0.466 e. The van der Waals surface area contributed by atoms with E-state index in [4.69, 9.17) is 9.47 Å². The molecule has 0 aliphatic rings. The standard InChI is InChI=1S/C12H22O4/c1-11(13)7-6-10-16-12(14)8-4-3-5-9-15-2/h3-10H2,1-2H3. The van der Waals surface area contributed by atoms with Gasteiger partial charge in [0.25, 0.3) is 0 Å². The third kappa shape index (κ3) is 11.2. The summed E-state index contributed by atoms with van der Waals surface area (Å²) >= 11 is 0. The number of unbranched alkanes of at least 4 members (excludes halogenated alkanes) is 2. The molecule has 4 heteroatoms. The van der Waals surface area contributed by atoms with E-state index in [1.54, 1.807) is 7.11 Å². The maximum Gasteiger partial charge on any atom is 0.305 e. The fraction of sp³-hybridized carbons (Fsp3) is 0.833. The number of hydrogen-bond acceptors (Lipinski definition) is 4. The lowest BCUT2D eigenvalue weighted by molar-refractivity contribution is -0.144. The van der Waals surface area contributed by atoms with Crippen molar-refractivity contribution in [3.63, 3.8) is 0 Å². The second-order valence-electron chi connectivity index (χ2n) is 3.83. The molecule has 4 nitrogen and oxygen atoms in total. The Morgan fingerprint density at radius 3 is 2.31 bits per heavy atom. The molecule has 0 aromatic rings. The first-order valence-corrected chi connectivity index (χ1v) is 5.81. The van der Waals surface area contributed by atoms with E-state index in [2.05, 4.69) is 0 Å². The summed E-state index contributed by atoms with van der Waals surface area (Å²) < 4.78 is 9.88. The summed E-state index contributed by atoms with van der Waals surface area (Å²) in [4.78, 5) is 21.8. The third-order valence-electron chi connectivity index (χ3n) is 2.17. The molecule has 0 fully saturated rings. The van der Waals surface area contributed by atoms with Gasteiger partial charge >= 0.3 is 5.97 Å². The number of carbonyl (C=O) groups is 2.